The van der Waals surface area contributed by atoms with Crippen molar-refractivity contribution in [1.29, 1.82) is 0 Å². The predicted molar refractivity (Wildman–Crippen MR) is 150 cm³/mol. The molecule has 1 amide bonds. The molecular formula is C31H38N2O7. The number of carbonyl (C=O) groups is 2. The number of esters is 1. The van der Waals surface area contributed by atoms with E-state index < -0.39 is 6.23 Å². The molecule has 3 aliphatic rings. The van der Waals surface area contributed by atoms with Crippen LogP contribution in [0.3, 0.4) is 0 Å². The fourth-order valence-corrected chi connectivity index (χ4v) is 5.76. The summed E-state index contributed by atoms with van der Waals surface area (Å²) in [5.74, 6) is 0.583. The van der Waals surface area contributed by atoms with Crippen LogP contribution in [0.25, 0.3) is 0 Å². The maximum atomic E-state index is 14.4. The van der Waals surface area contributed by atoms with Crippen LogP contribution < -0.4 is 14.8 Å². The van der Waals surface area contributed by atoms with Gasteiger partial charge in [0.15, 0.2) is 24.0 Å². The van der Waals surface area contributed by atoms with Gasteiger partial charge >= 0.3 is 5.97 Å². The van der Waals surface area contributed by atoms with E-state index in [1.54, 1.807) is 19.3 Å². The van der Waals surface area contributed by atoms with Gasteiger partial charge < -0.3 is 33.9 Å². The summed E-state index contributed by atoms with van der Waals surface area (Å²) in [5.41, 5.74) is 4.18. The second-order valence-electron chi connectivity index (χ2n) is 10.3. The summed E-state index contributed by atoms with van der Waals surface area (Å²) in [6.07, 6.45) is 5.56. The van der Waals surface area contributed by atoms with Crippen LogP contribution >= 0.6 is 0 Å². The van der Waals surface area contributed by atoms with E-state index in [1.165, 1.54) is 12.7 Å². The summed E-state index contributed by atoms with van der Waals surface area (Å²) in [6, 6.07) is 9.80. The van der Waals surface area contributed by atoms with E-state index in [2.05, 4.69) is 24.0 Å². The largest absolute Gasteiger partial charge is 0.493 e. The van der Waals surface area contributed by atoms with Gasteiger partial charge in [-0.05, 0) is 49.7 Å². The number of nitrogens with zero attached hydrogens (tertiary/aromatic N) is 1. The van der Waals surface area contributed by atoms with E-state index >= 15 is 0 Å². The molecule has 0 spiro atoms. The van der Waals surface area contributed by atoms with Crippen LogP contribution in [0.15, 0.2) is 43.0 Å². The number of allylic oxidation sites excluding steroid dienone is 1. The number of anilines is 1. The third-order valence-corrected chi connectivity index (χ3v) is 7.75. The lowest BCUT2D eigenvalue weighted by molar-refractivity contribution is -0.192. The van der Waals surface area contributed by atoms with Crippen LogP contribution in [-0.2, 0) is 38.4 Å². The number of hydrogen-bond acceptors (Lipinski definition) is 8. The SMILES string of the molecule is C=CCc1c(OC)c(OCCCC(=O)OC)cc2c1C(=O)N1Cc3ccccc3C[C@H]1C(OC1CCCCO1)N2. The number of benzene rings is 2. The molecule has 0 aliphatic carbocycles. The summed E-state index contributed by atoms with van der Waals surface area (Å²) in [5, 5.41) is 3.57. The minimum Gasteiger partial charge on any atom is -0.493 e. The van der Waals surface area contributed by atoms with Crippen molar-refractivity contribution in [3.63, 3.8) is 0 Å². The summed E-state index contributed by atoms with van der Waals surface area (Å²) in [7, 11) is 2.93. The molecule has 0 bridgehead atoms. The number of rotatable bonds is 10. The fourth-order valence-electron chi connectivity index (χ4n) is 5.76. The Labute approximate surface area is 235 Å². The zero-order valence-electron chi connectivity index (χ0n) is 23.3. The number of fused-ring (bicyclic) bond motifs is 3. The summed E-state index contributed by atoms with van der Waals surface area (Å²) in [6.45, 7) is 5.36. The smallest absolute Gasteiger partial charge is 0.305 e. The van der Waals surface area contributed by atoms with Crippen LogP contribution in [-0.4, -0.2) is 62.8 Å². The highest BCUT2D eigenvalue weighted by Crippen LogP contribution is 2.43. The van der Waals surface area contributed by atoms with Gasteiger partial charge in [0.05, 0.1) is 38.1 Å². The van der Waals surface area contributed by atoms with Gasteiger partial charge in [-0.1, -0.05) is 30.3 Å². The normalized spacial score (nSPS) is 21.7. The molecule has 9 heteroatoms. The van der Waals surface area contributed by atoms with Crippen LogP contribution in [0.5, 0.6) is 11.5 Å². The van der Waals surface area contributed by atoms with Crippen molar-refractivity contribution >= 4 is 17.6 Å². The lowest BCUT2D eigenvalue weighted by atomic mass is 9.92. The maximum absolute atomic E-state index is 14.4. The van der Waals surface area contributed by atoms with Crippen molar-refractivity contribution in [3.8, 4) is 11.5 Å². The number of carbonyl (C=O) groups excluding carboxylic acids is 2. The molecule has 2 unspecified atom stereocenters. The van der Waals surface area contributed by atoms with Crippen LogP contribution in [0, 0.1) is 0 Å². The average Bonchev–Trinajstić information content (AvgIpc) is 3.08. The zero-order valence-corrected chi connectivity index (χ0v) is 23.3. The Balaban J connectivity index is 1.54. The molecule has 0 saturated carbocycles. The number of ether oxygens (including phenoxy) is 5. The number of amides is 1. The third kappa shape index (κ3) is 5.81. The maximum Gasteiger partial charge on any atom is 0.305 e. The van der Waals surface area contributed by atoms with Crippen molar-refractivity contribution < 1.29 is 33.3 Å². The van der Waals surface area contributed by atoms with E-state index in [-0.39, 0.29) is 37.2 Å². The zero-order chi connectivity index (χ0) is 28.1. The highest BCUT2D eigenvalue weighted by molar-refractivity contribution is 6.03. The summed E-state index contributed by atoms with van der Waals surface area (Å²) >= 11 is 0. The Hall–Kier alpha value is -3.56. The monoisotopic (exact) mass is 550 g/mol. The molecule has 1 N–H and O–H groups in total. The molecule has 214 valence electrons. The van der Waals surface area contributed by atoms with Crippen LogP contribution in [0.4, 0.5) is 5.69 Å². The minimum atomic E-state index is -0.501. The molecule has 1 fully saturated rings. The first kappa shape index (κ1) is 28.0. The standard InChI is InChI=1S/C31H38N2O7/c1-4-10-22-28-23(18-25(29(22)37-3)38-16-9-13-26(34)36-2)32-30(40-27-14-7-8-15-39-27)24-17-20-11-5-6-12-21(20)19-33(24)31(28)35/h4-6,11-12,18,24,27,30,32H,1,7-10,13-17,19H2,2-3H3/t24-,27?,30?/m0/s1. The molecule has 2 aromatic carbocycles. The topological polar surface area (TPSA) is 95.6 Å². The summed E-state index contributed by atoms with van der Waals surface area (Å²) < 4.78 is 29.2. The van der Waals surface area contributed by atoms with Crippen molar-refractivity contribution in [2.75, 3.05) is 32.8 Å². The van der Waals surface area contributed by atoms with E-state index in [0.29, 0.717) is 60.7 Å². The second-order valence-corrected chi connectivity index (χ2v) is 10.3. The van der Waals surface area contributed by atoms with Crippen molar-refractivity contribution in [2.24, 2.45) is 0 Å². The second kappa shape index (κ2) is 12.7. The van der Waals surface area contributed by atoms with Crippen LogP contribution in [0.2, 0.25) is 0 Å². The Bertz CT molecular complexity index is 1240. The first-order valence-electron chi connectivity index (χ1n) is 14.0. The molecule has 2 aromatic rings. The number of hydrogen-bond donors (Lipinski definition) is 1. The third-order valence-electron chi connectivity index (χ3n) is 7.75. The van der Waals surface area contributed by atoms with E-state index in [0.717, 1.165) is 24.8 Å². The highest BCUT2D eigenvalue weighted by atomic mass is 16.7. The quantitative estimate of drug-likeness (QED) is 0.260. The van der Waals surface area contributed by atoms with Crippen molar-refractivity contribution in [2.45, 2.75) is 70.1 Å². The van der Waals surface area contributed by atoms with Crippen molar-refractivity contribution in [1.82, 2.24) is 4.90 Å². The molecule has 0 radical (unpaired) electrons. The van der Waals surface area contributed by atoms with E-state index in [4.69, 9.17) is 23.7 Å². The highest BCUT2D eigenvalue weighted by Gasteiger charge is 2.42. The predicted octanol–water partition coefficient (Wildman–Crippen LogP) is 4.62. The lowest BCUT2D eigenvalue weighted by Crippen LogP contribution is -2.53. The average molecular weight is 551 g/mol. The molecule has 1 saturated heterocycles. The molecule has 0 aromatic heterocycles. The van der Waals surface area contributed by atoms with E-state index in [9.17, 15) is 9.59 Å². The molecule has 9 nitrogen and oxygen atoms in total. The van der Waals surface area contributed by atoms with E-state index in [1.807, 2.05) is 17.0 Å². The Morgan fingerprint density at radius 1 is 1.23 bits per heavy atom. The molecular weight excluding hydrogens is 512 g/mol. The molecule has 3 aliphatic heterocycles. The molecule has 3 heterocycles. The van der Waals surface area contributed by atoms with Crippen molar-refractivity contribution in [3.05, 3.63) is 65.2 Å². The molecule has 40 heavy (non-hydrogen) atoms. The van der Waals surface area contributed by atoms with Gasteiger partial charge in [0.1, 0.15) is 0 Å². The minimum absolute atomic E-state index is 0.0925. The Kier molecular flexibility index (Phi) is 8.91. The number of nitrogens with one attached hydrogen (secondary N) is 1. The van der Waals surface area contributed by atoms with Gasteiger partial charge in [0, 0.05) is 31.2 Å². The molecule has 5 rings (SSSR count). The molecule has 3 atom stereocenters. The number of methoxy groups -OCH3 is 2. The first-order chi connectivity index (χ1) is 19.5. The Morgan fingerprint density at radius 2 is 2.05 bits per heavy atom. The van der Waals surface area contributed by atoms with Gasteiger partial charge in [-0.2, -0.15) is 0 Å². The van der Waals surface area contributed by atoms with Gasteiger partial charge in [-0.3, -0.25) is 9.59 Å². The van der Waals surface area contributed by atoms with Gasteiger partial charge in [0.25, 0.3) is 5.91 Å². The van der Waals surface area contributed by atoms with Gasteiger partial charge in [-0.25, -0.2) is 0 Å². The summed E-state index contributed by atoms with van der Waals surface area (Å²) in [4.78, 5) is 27.9. The van der Waals surface area contributed by atoms with Gasteiger partial charge in [-0.15, -0.1) is 6.58 Å². The van der Waals surface area contributed by atoms with Gasteiger partial charge in [0.2, 0.25) is 0 Å². The Morgan fingerprint density at radius 3 is 2.77 bits per heavy atom. The first-order valence-corrected chi connectivity index (χ1v) is 14.0. The lowest BCUT2D eigenvalue weighted by Gasteiger charge is -2.40. The fraction of sp³-hybridized carbons (Fsp3) is 0.484. The van der Waals surface area contributed by atoms with Crippen LogP contribution in [0.1, 0.15) is 59.2 Å².